The number of amidine groups is 1. The Morgan fingerprint density at radius 2 is 2.12 bits per heavy atom. The van der Waals surface area contributed by atoms with Gasteiger partial charge in [0, 0.05) is 18.0 Å². The molecule has 0 unspecified atom stereocenters. The third-order valence-corrected chi connectivity index (χ3v) is 3.17. The summed E-state index contributed by atoms with van der Waals surface area (Å²) in [6, 6.07) is 2.46. The lowest BCUT2D eigenvalue weighted by Gasteiger charge is -2.19. The Bertz CT molecular complexity index is 394. The number of hydrogen-bond acceptors (Lipinski definition) is 3. The first kappa shape index (κ1) is 12.0. The molecule has 0 atom stereocenters. The van der Waals surface area contributed by atoms with Crippen molar-refractivity contribution < 1.29 is 0 Å². The highest BCUT2D eigenvalue weighted by Crippen LogP contribution is 2.20. The molecule has 0 spiro atoms. The molecule has 0 aromatic carbocycles. The van der Waals surface area contributed by atoms with Gasteiger partial charge in [-0.1, -0.05) is 19.3 Å². The molecule has 1 fully saturated rings. The van der Waals surface area contributed by atoms with E-state index in [1.165, 1.54) is 32.1 Å². The average molecular weight is 232 g/mol. The summed E-state index contributed by atoms with van der Waals surface area (Å²) in [5.74, 6) is 6.32. The van der Waals surface area contributed by atoms with Crippen LogP contribution < -0.4 is 11.3 Å². The van der Waals surface area contributed by atoms with Crippen LogP contribution in [0.3, 0.4) is 0 Å². The topological polar surface area (TPSA) is 63.3 Å². The van der Waals surface area contributed by atoms with Gasteiger partial charge in [-0.15, -0.1) is 0 Å². The second-order valence-corrected chi connectivity index (χ2v) is 4.66. The number of hydrogen-bond donors (Lipinski definition) is 2. The van der Waals surface area contributed by atoms with Crippen molar-refractivity contribution in [3.63, 3.8) is 0 Å². The number of pyridine rings is 1. The number of nitrogens with one attached hydrogen (secondary N) is 1. The van der Waals surface area contributed by atoms with Crippen LogP contribution in [0.5, 0.6) is 0 Å². The van der Waals surface area contributed by atoms with Crippen LogP contribution in [-0.4, -0.2) is 16.9 Å². The maximum Gasteiger partial charge on any atom is 0.144 e. The molecule has 1 aromatic heterocycles. The first-order valence-electron chi connectivity index (χ1n) is 6.26. The van der Waals surface area contributed by atoms with Crippen molar-refractivity contribution in [1.82, 2.24) is 10.4 Å². The third kappa shape index (κ3) is 3.27. The van der Waals surface area contributed by atoms with E-state index >= 15 is 0 Å². The first-order chi connectivity index (χ1) is 8.29. The van der Waals surface area contributed by atoms with Crippen molar-refractivity contribution in [2.75, 3.05) is 0 Å². The maximum absolute atomic E-state index is 5.56. The minimum absolute atomic E-state index is 0.412. The summed E-state index contributed by atoms with van der Waals surface area (Å²) in [4.78, 5) is 8.88. The van der Waals surface area contributed by atoms with E-state index in [0.717, 1.165) is 17.0 Å². The van der Waals surface area contributed by atoms with Gasteiger partial charge in [-0.2, -0.15) is 0 Å². The third-order valence-electron chi connectivity index (χ3n) is 3.17. The molecule has 0 amide bonds. The largest absolute Gasteiger partial charge is 0.308 e. The van der Waals surface area contributed by atoms with Crippen molar-refractivity contribution in [2.24, 2.45) is 10.8 Å². The van der Waals surface area contributed by atoms with E-state index in [9.17, 15) is 0 Å². The average Bonchev–Trinajstić information content (AvgIpc) is 2.37. The van der Waals surface area contributed by atoms with Crippen molar-refractivity contribution in [3.05, 3.63) is 29.6 Å². The highest BCUT2D eigenvalue weighted by molar-refractivity contribution is 5.98. The number of aryl methyl sites for hydroxylation is 1. The number of nitrogens with two attached hydrogens (primary N) is 1. The predicted molar refractivity (Wildman–Crippen MR) is 69.7 cm³/mol. The molecule has 1 aliphatic carbocycles. The van der Waals surface area contributed by atoms with Crippen LogP contribution >= 0.6 is 0 Å². The number of aliphatic imine (C=N–C) groups is 1. The zero-order valence-corrected chi connectivity index (χ0v) is 10.3. The molecule has 4 heteroatoms. The lowest BCUT2D eigenvalue weighted by molar-refractivity contribution is 0.442. The van der Waals surface area contributed by atoms with Crippen LogP contribution in [0, 0.1) is 6.92 Å². The monoisotopic (exact) mass is 232 g/mol. The summed E-state index contributed by atoms with van der Waals surface area (Å²) in [6.45, 7) is 2.02. The van der Waals surface area contributed by atoms with Crippen molar-refractivity contribution in [2.45, 2.75) is 45.1 Å². The van der Waals surface area contributed by atoms with Gasteiger partial charge in [-0.25, -0.2) is 5.84 Å². The quantitative estimate of drug-likeness (QED) is 0.354. The first-order valence-corrected chi connectivity index (χ1v) is 6.26. The van der Waals surface area contributed by atoms with E-state index in [0.29, 0.717) is 6.04 Å². The summed E-state index contributed by atoms with van der Waals surface area (Å²) in [7, 11) is 0. The van der Waals surface area contributed by atoms with Crippen LogP contribution in [0.25, 0.3) is 0 Å². The fourth-order valence-corrected chi connectivity index (χ4v) is 2.27. The molecule has 2 rings (SSSR count). The fourth-order valence-electron chi connectivity index (χ4n) is 2.27. The van der Waals surface area contributed by atoms with Crippen LogP contribution in [-0.2, 0) is 0 Å². The molecule has 1 saturated carbocycles. The van der Waals surface area contributed by atoms with Crippen molar-refractivity contribution in [1.29, 1.82) is 0 Å². The normalized spacial score (nSPS) is 18.1. The Labute approximate surface area is 102 Å². The highest BCUT2D eigenvalue weighted by Gasteiger charge is 2.13. The van der Waals surface area contributed by atoms with Gasteiger partial charge in [-0.05, 0) is 31.4 Å². The number of aromatic nitrogens is 1. The maximum atomic E-state index is 5.56. The van der Waals surface area contributed by atoms with Gasteiger partial charge < -0.3 is 5.43 Å². The molecule has 92 valence electrons. The summed E-state index contributed by atoms with van der Waals surface area (Å²) >= 11 is 0. The number of rotatable bonds is 2. The molecule has 0 bridgehead atoms. The molecule has 0 aliphatic heterocycles. The second kappa shape index (κ2) is 5.77. The smallest absolute Gasteiger partial charge is 0.144 e. The Kier molecular flexibility index (Phi) is 4.09. The minimum atomic E-state index is 0.412. The Balaban J connectivity index is 2.17. The van der Waals surface area contributed by atoms with Crippen LogP contribution in [0.2, 0.25) is 0 Å². The van der Waals surface area contributed by atoms with E-state index in [4.69, 9.17) is 10.8 Å². The molecular weight excluding hydrogens is 212 g/mol. The number of nitrogens with zero attached hydrogens (tertiary/aromatic N) is 2. The summed E-state index contributed by atoms with van der Waals surface area (Å²) < 4.78 is 0. The number of hydrazine groups is 1. The van der Waals surface area contributed by atoms with Gasteiger partial charge in [0.25, 0.3) is 0 Å². The molecule has 17 heavy (non-hydrogen) atoms. The van der Waals surface area contributed by atoms with Crippen LogP contribution in [0.4, 0.5) is 0 Å². The summed E-state index contributed by atoms with van der Waals surface area (Å²) in [5, 5.41) is 0. The Morgan fingerprint density at radius 3 is 2.76 bits per heavy atom. The van der Waals surface area contributed by atoms with Gasteiger partial charge in [0.05, 0.1) is 6.04 Å². The standard InChI is InChI=1S/C13H20N4/c1-10-7-11(9-15-8-10)13(17-14)16-12-5-3-2-4-6-12/h7-9,12H,2-6,14H2,1H3,(H,16,17). The molecular formula is C13H20N4. The van der Waals surface area contributed by atoms with Crippen molar-refractivity contribution in [3.8, 4) is 0 Å². The molecule has 3 N–H and O–H groups in total. The van der Waals surface area contributed by atoms with Crippen LogP contribution in [0.15, 0.2) is 23.5 Å². The van der Waals surface area contributed by atoms with E-state index in [1.54, 1.807) is 6.20 Å². The zero-order chi connectivity index (χ0) is 12.1. The fraction of sp³-hybridized carbons (Fsp3) is 0.538. The SMILES string of the molecule is Cc1cncc(C(=NC2CCCCC2)NN)c1. The lowest BCUT2D eigenvalue weighted by Crippen LogP contribution is -2.33. The zero-order valence-electron chi connectivity index (χ0n) is 10.3. The van der Waals surface area contributed by atoms with E-state index in [2.05, 4.69) is 16.5 Å². The van der Waals surface area contributed by atoms with Crippen molar-refractivity contribution >= 4 is 5.84 Å². The summed E-state index contributed by atoms with van der Waals surface area (Å²) in [5.41, 5.74) is 4.79. The predicted octanol–water partition coefficient (Wildman–Crippen LogP) is 1.93. The highest BCUT2D eigenvalue weighted by atomic mass is 15.3. The molecule has 1 aromatic rings. The van der Waals surface area contributed by atoms with E-state index in [-0.39, 0.29) is 0 Å². The van der Waals surface area contributed by atoms with E-state index < -0.39 is 0 Å². The van der Waals surface area contributed by atoms with Gasteiger partial charge in [-0.3, -0.25) is 9.98 Å². The van der Waals surface area contributed by atoms with Gasteiger partial charge >= 0.3 is 0 Å². The van der Waals surface area contributed by atoms with E-state index in [1.807, 2.05) is 13.1 Å². The minimum Gasteiger partial charge on any atom is -0.308 e. The molecule has 4 nitrogen and oxygen atoms in total. The van der Waals surface area contributed by atoms with Gasteiger partial charge in [0.1, 0.15) is 5.84 Å². The van der Waals surface area contributed by atoms with Crippen LogP contribution in [0.1, 0.15) is 43.2 Å². The second-order valence-electron chi connectivity index (χ2n) is 4.66. The molecule has 0 saturated heterocycles. The van der Waals surface area contributed by atoms with Gasteiger partial charge in [0.2, 0.25) is 0 Å². The Morgan fingerprint density at radius 1 is 1.35 bits per heavy atom. The molecule has 1 aliphatic rings. The lowest BCUT2D eigenvalue weighted by atomic mass is 9.96. The van der Waals surface area contributed by atoms with Gasteiger partial charge in [0.15, 0.2) is 0 Å². The molecule has 0 radical (unpaired) electrons. The Hall–Kier alpha value is -1.42. The summed E-state index contributed by atoms with van der Waals surface area (Å²) in [6.07, 6.45) is 9.86. The molecule has 1 heterocycles.